The van der Waals surface area contributed by atoms with E-state index < -0.39 is 0 Å². The lowest BCUT2D eigenvalue weighted by atomic mass is 9.93. The third kappa shape index (κ3) is 6.89. The van der Waals surface area contributed by atoms with Crippen LogP contribution >= 0.6 is 0 Å². The zero-order valence-corrected chi connectivity index (χ0v) is 18.4. The Morgan fingerprint density at radius 3 is 2.42 bits per heavy atom. The van der Waals surface area contributed by atoms with E-state index in [0.29, 0.717) is 12.6 Å². The molecule has 166 valence electrons. The number of anilines is 1. The smallest absolute Gasteiger partial charge is 0.243 e. The molecule has 1 aliphatic rings. The summed E-state index contributed by atoms with van der Waals surface area (Å²) < 4.78 is 13.3. The topological polar surface area (TPSA) is 61.4 Å². The Labute approximate surface area is 184 Å². The Morgan fingerprint density at radius 2 is 1.71 bits per heavy atom. The van der Waals surface area contributed by atoms with Crippen LogP contribution in [0.25, 0.3) is 0 Å². The minimum absolute atomic E-state index is 0.0682. The first-order valence-electron chi connectivity index (χ1n) is 11.0. The van der Waals surface area contributed by atoms with Crippen LogP contribution in [0.4, 0.5) is 10.1 Å². The summed E-state index contributed by atoms with van der Waals surface area (Å²) in [5.41, 5.74) is 3.86. The van der Waals surface area contributed by atoms with E-state index in [1.54, 1.807) is 12.1 Å². The van der Waals surface area contributed by atoms with Crippen LogP contribution in [0, 0.1) is 19.7 Å². The molecule has 0 aliphatic heterocycles. The van der Waals surface area contributed by atoms with Gasteiger partial charge in [0.05, 0.1) is 13.1 Å². The predicted molar refractivity (Wildman–Crippen MR) is 121 cm³/mol. The van der Waals surface area contributed by atoms with E-state index in [4.69, 9.17) is 0 Å². The van der Waals surface area contributed by atoms with E-state index in [9.17, 15) is 14.0 Å². The molecule has 0 radical (unpaired) electrons. The fourth-order valence-electron chi connectivity index (χ4n) is 4.08. The van der Waals surface area contributed by atoms with E-state index >= 15 is 0 Å². The van der Waals surface area contributed by atoms with Crippen molar-refractivity contribution >= 4 is 17.5 Å². The van der Waals surface area contributed by atoms with E-state index in [-0.39, 0.29) is 30.7 Å². The van der Waals surface area contributed by atoms with Crippen LogP contribution < -0.4 is 10.6 Å². The quantitative estimate of drug-likeness (QED) is 0.662. The summed E-state index contributed by atoms with van der Waals surface area (Å²) in [7, 11) is 0. The number of rotatable bonds is 8. The maximum Gasteiger partial charge on any atom is 0.243 e. The average Bonchev–Trinajstić information content (AvgIpc) is 2.77. The van der Waals surface area contributed by atoms with Crippen LogP contribution in [-0.2, 0) is 16.1 Å². The van der Waals surface area contributed by atoms with Crippen molar-refractivity contribution in [3.63, 3.8) is 0 Å². The van der Waals surface area contributed by atoms with E-state index in [2.05, 4.69) is 15.5 Å². The average molecular weight is 426 g/mol. The molecular formula is C25H32FN3O2. The number of nitrogens with zero attached hydrogens (tertiary/aromatic N) is 1. The summed E-state index contributed by atoms with van der Waals surface area (Å²) in [4.78, 5) is 27.1. The van der Waals surface area contributed by atoms with Crippen molar-refractivity contribution in [1.29, 1.82) is 0 Å². The first kappa shape index (κ1) is 22.9. The van der Waals surface area contributed by atoms with Gasteiger partial charge in [0.25, 0.3) is 0 Å². The minimum atomic E-state index is -0.263. The molecule has 0 spiro atoms. The van der Waals surface area contributed by atoms with Gasteiger partial charge in [0.1, 0.15) is 5.82 Å². The molecule has 31 heavy (non-hydrogen) atoms. The molecule has 0 saturated heterocycles. The molecular weight excluding hydrogens is 393 g/mol. The molecule has 1 saturated carbocycles. The highest BCUT2D eigenvalue weighted by atomic mass is 19.1. The van der Waals surface area contributed by atoms with Crippen LogP contribution in [-0.4, -0.2) is 35.8 Å². The molecule has 5 nitrogen and oxygen atoms in total. The second-order valence-corrected chi connectivity index (χ2v) is 8.40. The summed E-state index contributed by atoms with van der Waals surface area (Å²) in [6.45, 7) is 4.70. The number of halogens is 1. The van der Waals surface area contributed by atoms with Gasteiger partial charge in [0.15, 0.2) is 0 Å². The highest BCUT2D eigenvalue weighted by Gasteiger charge is 2.23. The fraction of sp³-hybridized carbons (Fsp3) is 0.440. The van der Waals surface area contributed by atoms with Crippen molar-refractivity contribution in [2.24, 2.45) is 0 Å². The molecule has 0 unspecified atom stereocenters. The Bertz CT molecular complexity index is 892. The van der Waals surface area contributed by atoms with Gasteiger partial charge >= 0.3 is 0 Å². The predicted octanol–water partition coefficient (Wildman–Crippen LogP) is 4.33. The van der Waals surface area contributed by atoms with Crippen molar-refractivity contribution in [3.8, 4) is 0 Å². The highest BCUT2D eigenvalue weighted by Crippen LogP contribution is 2.24. The first-order chi connectivity index (χ1) is 14.9. The molecule has 3 rings (SSSR count). The number of amides is 2. The van der Waals surface area contributed by atoms with Crippen molar-refractivity contribution in [3.05, 3.63) is 65.0 Å². The minimum Gasteiger partial charge on any atom is -0.346 e. The van der Waals surface area contributed by atoms with Crippen LogP contribution in [0.15, 0.2) is 42.5 Å². The molecule has 2 aromatic rings. The van der Waals surface area contributed by atoms with Gasteiger partial charge in [-0.1, -0.05) is 43.5 Å². The molecule has 0 bridgehead atoms. The molecule has 0 heterocycles. The molecule has 1 aliphatic carbocycles. The molecule has 1 fully saturated rings. The van der Waals surface area contributed by atoms with Gasteiger partial charge in [-0.15, -0.1) is 0 Å². The Kier molecular flexibility index (Phi) is 8.18. The lowest BCUT2D eigenvalue weighted by molar-refractivity contribution is -0.125. The molecule has 0 aromatic heterocycles. The van der Waals surface area contributed by atoms with E-state index in [0.717, 1.165) is 48.1 Å². The van der Waals surface area contributed by atoms with Crippen molar-refractivity contribution in [2.45, 2.75) is 58.5 Å². The number of carbonyl (C=O) groups excluding carboxylic acids is 2. The standard InChI is InChI=1S/C25H32FN3O2/c1-18-7-6-10-23(19(18)2)28-24(30)15-27-25(31)17-29(22-8-4-3-5-9-22)16-20-11-13-21(26)14-12-20/h6-7,10-14,22H,3-5,8-9,15-17H2,1-2H3,(H,27,31)(H,28,30). The summed E-state index contributed by atoms with van der Waals surface area (Å²) >= 11 is 0. The third-order valence-corrected chi connectivity index (χ3v) is 6.06. The largest absolute Gasteiger partial charge is 0.346 e. The Balaban J connectivity index is 1.55. The maximum absolute atomic E-state index is 13.3. The van der Waals surface area contributed by atoms with Gasteiger partial charge in [0.2, 0.25) is 11.8 Å². The van der Waals surface area contributed by atoms with E-state index in [1.165, 1.54) is 18.6 Å². The van der Waals surface area contributed by atoms with Crippen molar-refractivity contribution in [2.75, 3.05) is 18.4 Å². The summed E-state index contributed by atoms with van der Waals surface area (Å²) in [5.74, 6) is -0.686. The third-order valence-electron chi connectivity index (χ3n) is 6.06. The Hall–Kier alpha value is -2.73. The van der Waals surface area contributed by atoms with Crippen molar-refractivity contribution < 1.29 is 14.0 Å². The second-order valence-electron chi connectivity index (χ2n) is 8.40. The number of hydrogen-bond donors (Lipinski definition) is 2. The summed E-state index contributed by atoms with van der Waals surface area (Å²) in [6.07, 6.45) is 5.66. The normalized spacial score (nSPS) is 14.5. The van der Waals surface area contributed by atoms with Crippen LogP contribution in [0.3, 0.4) is 0 Å². The zero-order valence-electron chi connectivity index (χ0n) is 18.4. The molecule has 2 N–H and O–H groups in total. The van der Waals surface area contributed by atoms with Gasteiger partial charge in [-0.3, -0.25) is 14.5 Å². The van der Waals surface area contributed by atoms with E-state index in [1.807, 2.05) is 32.0 Å². The molecule has 2 amide bonds. The number of hydrogen-bond acceptors (Lipinski definition) is 3. The highest BCUT2D eigenvalue weighted by molar-refractivity contribution is 5.95. The van der Waals surface area contributed by atoms with Crippen LogP contribution in [0.2, 0.25) is 0 Å². The fourth-order valence-corrected chi connectivity index (χ4v) is 4.08. The molecule has 0 atom stereocenters. The summed E-state index contributed by atoms with van der Waals surface area (Å²) in [5, 5.41) is 5.61. The van der Waals surface area contributed by atoms with Crippen molar-refractivity contribution in [1.82, 2.24) is 10.2 Å². The lowest BCUT2D eigenvalue weighted by Gasteiger charge is -2.34. The first-order valence-corrected chi connectivity index (χ1v) is 11.0. The monoisotopic (exact) mass is 425 g/mol. The number of aryl methyl sites for hydroxylation is 1. The maximum atomic E-state index is 13.3. The van der Waals surface area contributed by atoms with Gasteiger partial charge in [-0.05, 0) is 61.6 Å². The number of nitrogens with one attached hydrogen (secondary N) is 2. The SMILES string of the molecule is Cc1cccc(NC(=O)CNC(=O)CN(Cc2ccc(F)cc2)C2CCCCC2)c1C. The summed E-state index contributed by atoms with van der Waals surface area (Å²) in [6, 6.07) is 12.5. The number of carbonyl (C=O) groups is 2. The number of benzene rings is 2. The lowest BCUT2D eigenvalue weighted by Crippen LogP contribution is -2.44. The molecule has 2 aromatic carbocycles. The second kappa shape index (κ2) is 11.0. The Morgan fingerprint density at radius 1 is 1.00 bits per heavy atom. The van der Waals surface area contributed by atoms with Crippen LogP contribution in [0.1, 0.15) is 48.8 Å². The van der Waals surface area contributed by atoms with Crippen LogP contribution in [0.5, 0.6) is 0 Å². The van der Waals surface area contributed by atoms with Gasteiger partial charge in [0, 0.05) is 18.3 Å². The van der Waals surface area contributed by atoms with Gasteiger partial charge in [-0.25, -0.2) is 4.39 Å². The van der Waals surface area contributed by atoms with Gasteiger partial charge < -0.3 is 10.6 Å². The zero-order chi connectivity index (χ0) is 22.2. The molecule has 6 heteroatoms. The van der Waals surface area contributed by atoms with Gasteiger partial charge in [-0.2, -0.15) is 0 Å².